The first kappa shape index (κ1) is 29.9. The maximum Gasteiger partial charge on any atom is 0.242 e. The van der Waals surface area contributed by atoms with Crippen molar-refractivity contribution in [1.29, 1.82) is 0 Å². The van der Waals surface area contributed by atoms with E-state index < -0.39 is 16.1 Å². The second-order valence-electron chi connectivity index (χ2n) is 9.32. The second kappa shape index (κ2) is 12.8. The zero-order chi connectivity index (χ0) is 27.2. The third-order valence-electron chi connectivity index (χ3n) is 5.87. The molecule has 0 aromatic heterocycles. The Morgan fingerprint density at radius 2 is 1.64 bits per heavy atom. The van der Waals surface area contributed by atoms with Crippen LogP contribution in [0.1, 0.15) is 50.3 Å². The van der Waals surface area contributed by atoms with Crippen molar-refractivity contribution in [2.75, 3.05) is 17.1 Å². The number of benzene rings is 2. The van der Waals surface area contributed by atoms with Crippen LogP contribution in [0.25, 0.3) is 0 Å². The molecule has 2 rings (SSSR count). The molecule has 2 amide bonds. The van der Waals surface area contributed by atoms with Crippen LogP contribution in [-0.4, -0.2) is 50.0 Å². The Balaban J connectivity index is 2.21. The first-order valence-electron chi connectivity index (χ1n) is 11.8. The van der Waals surface area contributed by atoms with Crippen molar-refractivity contribution in [2.24, 2.45) is 0 Å². The predicted molar refractivity (Wildman–Crippen MR) is 147 cm³/mol. The molecule has 0 spiro atoms. The smallest absolute Gasteiger partial charge is 0.242 e. The number of nitrogens with one attached hydrogen (secondary N) is 1. The molecule has 7 nitrogen and oxygen atoms in total. The van der Waals surface area contributed by atoms with Gasteiger partial charge in [0.2, 0.25) is 21.8 Å². The molecule has 0 bridgehead atoms. The summed E-state index contributed by atoms with van der Waals surface area (Å²) in [4.78, 5) is 27.5. The van der Waals surface area contributed by atoms with E-state index in [1.54, 1.807) is 31.2 Å². The summed E-state index contributed by atoms with van der Waals surface area (Å²) in [6, 6.07) is 9.72. The van der Waals surface area contributed by atoms with Crippen LogP contribution in [0.2, 0.25) is 10.0 Å². The summed E-state index contributed by atoms with van der Waals surface area (Å²) in [5.41, 5.74) is 3.34. The van der Waals surface area contributed by atoms with Crippen LogP contribution in [0.4, 0.5) is 5.69 Å². The van der Waals surface area contributed by atoms with Crippen molar-refractivity contribution in [3.8, 4) is 0 Å². The molecule has 0 saturated heterocycles. The van der Waals surface area contributed by atoms with Gasteiger partial charge in [-0.2, -0.15) is 0 Å². The first-order valence-corrected chi connectivity index (χ1v) is 14.4. The van der Waals surface area contributed by atoms with E-state index in [-0.39, 0.29) is 43.8 Å². The predicted octanol–water partition coefficient (Wildman–Crippen LogP) is 5.10. The van der Waals surface area contributed by atoms with Crippen LogP contribution < -0.4 is 9.62 Å². The van der Waals surface area contributed by atoms with Crippen molar-refractivity contribution >= 4 is 50.7 Å². The molecule has 2 aromatic rings. The average Bonchev–Trinajstić information content (AvgIpc) is 2.77. The van der Waals surface area contributed by atoms with Gasteiger partial charge in [0, 0.05) is 25.6 Å². The minimum Gasteiger partial charge on any atom is -0.352 e. The van der Waals surface area contributed by atoms with E-state index in [2.05, 4.69) is 5.32 Å². The number of anilines is 1. The zero-order valence-corrected chi connectivity index (χ0v) is 24.0. The molecule has 0 fully saturated rings. The summed E-state index contributed by atoms with van der Waals surface area (Å²) in [5.74, 6) is -0.535. The highest BCUT2D eigenvalue weighted by Crippen LogP contribution is 2.25. The fourth-order valence-electron chi connectivity index (χ4n) is 3.71. The minimum absolute atomic E-state index is 0.0669. The summed E-state index contributed by atoms with van der Waals surface area (Å²) >= 11 is 12.2. The van der Waals surface area contributed by atoms with Gasteiger partial charge in [0.15, 0.2) is 0 Å². The van der Waals surface area contributed by atoms with Gasteiger partial charge >= 0.3 is 0 Å². The standard InChI is InChI=1S/C26H35Cl2N3O4S/c1-17(2)29-26(33)20(5)30(16-21-10-12-23(27)24(28)15-21)25(32)8-7-13-31(36(6,34)35)22-11-9-18(3)19(4)14-22/h9-12,14-15,17,20H,7-8,13,16H2,1-6H3,(H,29,33)/t20-/m1/s1. The van der Waals surface area contributed by atoms with E-state index in [9.17, 15) is 18.0 Å². The monoisotopic (exact) mass is 555 g/mol. The van der Waals surface area contributed by atoms with Crippen LogP contribution >= 0.6 is 23.2 Å². The third-order valence-corrected chi connectivity index (χ3v) is 7.80. The molecule has 0 unspecified atom stereocenters. The number of nitrogens with zero attached hydrogens (tertiary/aromatic N) is 2. The molecule has 10 heteroatoms. The van der Waals surface area contributed by atoms with Gasteiger partial charge in [0.05, 0.1) is 22.0 Å². The van der Waals surface area contributed by atoms with E-state index in [1.807, 2.05) is 39.8 Å². The zero-order valence-electron chi connectivity index (χ0n) is 21.6. The summed E-state index contributed by atoms with van der Waals surface area (Å²) in [7, 11) is -3.55. The molecule has 1 N–H and O–H groups in total. The molecular formula is C26H35Cl2N3O4S. The largest absolute Gasteiger partial charge is 0.352 e. The number of halogens is 2. The quantitative estimate of drug-likeness (QED) is 0.418. The van der Waals surface area contributed by atoms with E-state index in [0.717, 1.165) is 22.9 Å². The van der Waals surface area contributed by atoms with Gasteiger partial charge in [-0.25, -0.2) is 8.42 Å². The molecule has 0 radical (unpaired) electrons. The van der Waals surface area contributed by atoms with Gasteiger partial charge in [-0.3, -0.25) is 13.9 Å². The van der Waals surface area contributed by atoms with Crippen molar-refractivity contribution in [3.63, 3.8) is 0 Å². The van der Waals surface area contributed by atoms with Crippen molar-refractivity contribution in [1.82, 2.24) is 10.2 Å². The van der Waals surface area contributed by atoms with Crippen molar-refractivity contribution in [3.05, 3.63) is 63.1 Å². The van der Waals surface area contributed by atoms with E-state index in [0.29, 0.717) is 15.7 Å². The van der Waals surface area contributed by atoms with Gasteiger partial charge in [-0.05, 0) is 82.0 Å². The fourth-order valence-corrected chi connectivity index (χ4v) is 4.99. The molecule has 0 aliphatic rings. The normalized spacial score (nSPS) is 12.4. The Bertz CT molecular complexity index is 1200. The lowest BCUT2D eigenvalue weighted by atomic mass is 10.1. The van der Waals surface area contributed by atoms with Crippen molar-refractivity contribution < 1.29 is 18.0 Å². The highest BCUT2D eigenvalue weighted by Gasteiger charge is 2.27. The molecule has 36 heavy (non-hydrogen) atoms. The molecule has 1 atom stereocenters. The Kier molecular flexibility index (Phi) is 10.6. The highest BCUT2D eigenvalue weighted by atomic mass is 35.5. The maximum atomic E-state index is 13.3. The fraction of sp³-hybridized carbons (Fsp3) is 0.462. The second-order valence-corrected chi connectivity index (χ2v) is 12.0. The molecule has 0 aliphatic heterocycles. The Labute approximate surface area is 224 Å². The minimum atomic E-state index is -3.55. The highest BCUT2D eigenvalue weighted by molar-refractivity contribution is 7.92. The summed E-state index contributed by atoms with van der Waals surface area (Å²) in [6.45, 7) is 9.56. The van der Waals surface area contributed by atoms with Gasteiger partial charge in [-0.15, -0.1) is 0 Å². The SMILES string of the molecule is Cc1ccc(N(CCCC(=O)N(Cc2ccc(Cl)c(Cl)c2)[C@H](C)C(=O)NC(C)C)S(C)(=O)=O)cc1C. The molecule has 198 valence electrons. The molecule has 0 heterocycles. The topological polar surface area (TPSA) is 86.8 Å². The van der Waals surface area contributed by atoms with Crippen LogP contribution in [0, 0.1) is 13.8 Å². The maximum absolute atomic E-state index is 13.3. The summed E-state index contributed by atoms with van der Waals surface area (Å²) < 4.78 is 26.3. The lowest BCUT2D eigenvalue weighted by Gasteiger charge is -2.30. The number of carbonyl (C=O) groups excluding carboxylic acids is 2. The Morgan fingerprint density at radius 3 is 2.19 bits per heavy atom. The van der Waals surface area contributed by atoms with Crippen molar-refractivity contribution in [2.45, 2.75) is 66.1 Å². The van der Waals surface area contributed by atoms with Gasteiger partial charge in [0.1, 0.15) is 6.04 Å². The lowest BCUT2D eigenvalue weighted by molar-refractivity contribution is -0.140. The summed E-state index contributed by atoms with van der Waals surface area (Å²) in [6.07, 6.45) is 1.51. The number of aryl methyl sites for hydroxylation is 2. The van der Waals surface area contributed by atoms with E-state index in [4.69, 9.17) is 23.2 Å². The van der Waals surface area contributed by atoms with Crippen LogP contribution in [-0.2, 0) is 26.2 Å². The Hall–Kier alpha value is -2.29. The van der Waals surface area contributed by atoms with Crippen LogP contribution in [0.15, 0.2) is 36.4 Å². The number of hydrogen-bond acceptors (Lipinski definition) is 4. The number of hydrogen-bond donors (Lipinski definition) is 1. The Morgan fingerprint density at radius 1 is 0.972 bits per heavy atom. The van der Waals surface area contributed by atoms with E-state index >= 15 is 0 Å². The van der Waals surface area contributed by atoms with Gasteiger partial charge in [0.25, 0.3) is 0 Å². The third kappa shape index (κ3) is 8.39. The number of amides is 2. The van der Waals surface area contributed by atoms with Gasteiger partial charge in [-0.1, -0.05) is 35.3 Å². The molecule has 0 aliphatic carbocycles. The molecule has 2 aromatic carbocycles. The summed E-state index contributed by atoms with van der Waals surface area (Å²) in [5, 5.41) is 3.60. The first-order chi connectivity index (χ1) is 16.7. The van der Waals surface area contributed by atoms with E-state index in [1.165, 1.54) is 9.21 Å². The number of sulfonamides is 1. The van der Waals surface area contributed by atoms with Gasteiger partial charge < -0.3 is 10.2 Å². The van der Waals surface area contributed by atoms with Crippen LogP contribution in [0.3, 0.4) is 0 Å². The molecular weight excluding hydrogens is 521 g/mol. The van der Waals surface area contributed by atoms with Crippen LogP contribution in [0.5, 0.6) is 0 Å². The average molecular weight is 557 g/mol. The molecule has 0 saturated carbocycles. The lowest BCUT2D eigenvalue weighted by Crippen LogP contribution is -2.49. The number of rotatable bonds is 11. The number of carbonyl (C=O) groups is 2.